The first-order chi connectivity index (χ1) is 31.4. The topological polar surface area (TPSA) is 191 Å². The van der Waals surface area contributed by atoms with Gasteiger partial charge in [-0.1, -0.05) is 75.7 Å². The van der Waals surface area contributed by atoms with Crippen LogP contribution in [0.3, 0.4) is 0 Å². The summed E-state index contributed by atoms with van der Waals surface area (Å²) in [5, 5.41) is 29.1. The average molecular weight is 927 g/mol. The molecule has 4 saturated heterocycles. The average Bonchev–Trinajstić information content (AvgIpc) is 3.61. The highest BCUT2D eigenvalue weighted by atomic mass is 16.7. The fourth-order valence-electron chi connectivity index (χ4n) is 11.0. The number of ether oxygens (including phenoxy) is 10. The number of hydrogen-bond acceptors (Lipinski definition) is 15. The van der Waals surface area contributed by atoms with Gasteiger partial charge in [0, 0.05) is 58.7 Å². The van der Waals surface area contributed by atoms with Gasteiger partial charge >= 0.3 is 5.97 Å². The van der Waals surface area contributed by atoms with Crippen LogP contribution in [0.2, 0.25) is 0 Å². The van der Waals surface area contributed by atoms with E-state index in [-0.39, 0.29) is 66.8 Å². The molecule has 4 fully saturated rings. The van der Waals surface area contributed by atoms with Crippen LogP contribution in [0.1, 0.15) is 101 Å². The number of hydrogen-bond donors (Lipinski definition) is 3. The van der Waals surface area contributed by atoms with E-state index in [0.29, 0.717) is 36.8 Å². The van der Waals surface area contributed by atoms with Crippen molar-refractivity contribution in [3.05, 3.63) is 59.3 Å². The molecule has 1 spiro atoms. The van der Waals surface area contributed by atoms with Crippen molar-refractivity contribution in [3.8, 4) is 0 Å². The summed E-state index contributed by atoms with van der Waals surface area (Å²) in [6, 6.07) is -0.319. The molecule has 16 nitrogen and oxygen atoms in total. The first kappa shape index (κ1) is 50.6. The number of fused-ring (bicyclic) bond motifs is 2. The third-order valence-corrected chi connectivity index (χ3v) is 14.9. The van der Waals surface area contributed by atoms with Crippen LogP contribution >= 0.6 is 0 Å². The lowest BCUT2D eigenvalue weighted by atomic mass is 9.71. The Balaban J connectivity index is 1.17. The Morgan fingerprint density at radius 3 is 2.38 bits per heavy atom. The number of methoxy groups -OCH3 is 2. The second-order valence-corrected chi connectivity index (χ2v) is 19.6. The van der Waals surface area contributed by atoms with Crippen LogP contribution in [0, 0.1) is 23.7 Å². The fourth-order valence-corrected chi connectivity index (χ4v) is 11.0. The SMILES string of the molecule is CCC(C)C1OC2(C=C[C@H]1C)CC1CC(C/C=C(\C)[C@@H](OC3C[C@@H](OC)[C@H](O[C@H]4C[C@H](OC)[C@H](NC(C)=O)[C@H](C)O4)[C@@H](C)O3)C(C)/C=C/C=C3\COC4/C(=N/O)C(C)=CC(C(=O)O1)[C@]34O)O2. The van der Waals surface area contributed by atoms with Crippen molar-refractivity contribution in [2.45, 2.75) is 192 Å². The van der Waals surface area contributed by atoms with E-state index >= 15 is 0 Å². The van der Waals surface area contributed by atoms with Crippen LogP contribution in [0.15, 0.2) is 64.4 Å². The molecule has 0 aromatic carbocycles. The molecule has 0 aromatic heterocycles. The summed E-state index contributed by atoms with van der Waals surface area (Å²) in [5.74, 6) is -2.85. The van der Waals surface area contributed by atoms with Crippen LogP contribution in [-0.2, 0) is 57.0 Å². The minimum atomic E-state index is -1.88. The number of allylic oxidation sites excluding steroid dienone is 2. The highest BCUT2D eigenvalue weighted by Gasteiger charge is 2.60. The Labute approximate surface area is 390 Å². The van der Waals surface area contributed by atoms with E-state index in [2.05, 4.69) is 50.3 Å². The van der Waals surface area contributed by atoms with E-state index in [9.17, 15) is 19.9 Å². The monoisotopic (exact) mass is 927 g/mol. The maximum Gasteiger partial charge on any atom is 0.316 e. The third kappa shape index (κ3) is 10.5. The zero-order valence-electron chi connectivity index (χ0n) is 40.5. The summed E-state index contributed by atoms with van der Waals surface area (Å²) in [5.41, 5.74) is 0.180. The molecule has 7 rings (SSSR count). The minimum absolute atomic E-state index is 0.00120. The first-order valence-corrected chi connectivity index (χ1v) is 23.9. The van der Waals surface area contributed by atoms with Crippen molar-refractivity contribution >= 4 is 17.6 Å². The van der Waals surface area contributed by atoms with Crippen LogP contribution in [0.25, 0.3) is 0 Å². The molecule has 6 aliphatic heterocycles. The van der Waals surface area contributed by atoms with E-state index < -0.39 is 78.6 Å². The van der Waals surface area contributed by atoms with Crippen molar-refractivity contribution in [3.63, 3.8) is 0 Å². The quantitative estimate of drug-likeness (QED) is 0.106. The molecule has 0 saturated carbocycles. The number of carbonyl (C=O) groups is 2. The lowest BCUT2D eigenvalue weighted by molar-refractivity contribution is -0.311. The van der Waals surface area contributed by atoms with E-state index in [1.54, 1.807) is 33.3 Å². The summed E-state index contributed by atoms with van der Waals surface area (Å²) in [6.07, 6.45) is 10.3. The second kappa shape index (κ2) is 21.1. The molecular weight excluding hydrogens is 853 g/mol. The fraction of sp³-hybridized carbons (Fsp3) is 0.740. The lowest BCUT2D eigenvalue weighted by Gasteiger charge is -2.48. The van der Waals surface area contributed by atoms with Gasteiger partial charge in [-0.25, -0.2) is 0 Å². The Bertz CT molecular complexity index is 1930. The molecule has 6 heterocycles. The number of nitrogens with one attached hydrogen (secondary N) is 1. The van der Waals surface area contributed by atoms with Crippen LogP contribution in [0.4, 0.5) is 0 Å². The van der Waals surface area contributed by atoms with Gasteiger partial charge in [-0.2, -0.15) is 0 Å². The summed E-state index contributed by atoms with van der Waals surface area (Å²) >= 11 is 0. The molecule has 9 unspecified atom stereocenters. The summed E-state index contributed by atoms with van der Waals surface area (Å²) < 4.78 is 64.5. The van der Waals surface area contributed by atoms with Gasteiger partial charge in [0.15, 0.2) is 18.4 Å². The molecular formula is C50H74N2O14. The second-order valence-electron chi connectivity index (χ2n) is 19.6. The van der Waals surface area contributed by atoms with Gasteiger partial charge in [0.25, 0.3) is 0 Å². The molecule has 1 amide bonds. The van der Waals surface area contributed by atoms with Gasteiger partial charge < -0.3 is 63.0 Å². The number of amides is 1. The number of carbonyl (C=O) groups excluding carboxylic acids is 2. The highest BCUT2D eigenvalue weighted by molar-refractivity contribution is 6.07. The molecule has 368 valence electrons. The number of oxime groups is 1. The van der Waals surface area contributed by atoms with Crippen molar-refractivity contribution in [2.24, 2.45) is 28.8 Å². The normalized spacial score (nSPS) is 46.3. The Morgan fingerprint density at radius 1 is 0.970 bits per heavy atom. The third-order valence-electron chi connectivity index (χ3n) is 14.9. The molecule has 0 radical (unpaired) electrons. The maximum atomic E-state index is 14.4. The van der Waals surface area contributed by atoms with Crippen LogP contribution < -0.4 is 5.32 Å². The minimum Gasteiger partial charge on any atom is -0.462 e. The largest absolute Gasteiger partial charge is 0.462 e. The molecule has 0 aromatic rings. The maximum absolute atomic E-state index is 14.4. The van der Waals surface area contributed by atoms with E-state index in [1.807, 2.05) is 39.0 Å². The predicted octanol–water partition coefficient (Wildman–Crippen LogP) is 5.99. The van der Waals surface area contributed by atoms with Crippen molar-refractivity contribution in [1.82, 2.24) is 5.32 Å². The van der Waals surface area contributed by atoms with Gasteiger partial charge in [0.1, 0.15) is 35.5 Å². The molecule has 1 aliphatic carbocycles. The van der Waals surface area contributed by atoms with E-state index in [4.69, 9.17) is 47.4 Å². The van der Waals surface area contributed by atoms with E-state index in [1.165, 1.54) is 6.92 Å². The van der Waals surface area contributed by atoms with Crippen LogP contribution in [0.5, 0.6) is 0 Å². The van der Waals surface area contributed by atoms with Crippen molar-refractivity contribution < 1.29 is 67.3 Å². The number of esters is 1. The Kier molecular flexibility index (Phi) is 16.2. The van der Waals surface area contributed by atoms with E-state index in [0.717, 1.165) is 12.0 Å². The highest BCUT2D eigenvalue weighted by Crippen LogP contribution is 2.46. The molecule has 16 heteroatoms. The summed E-state index contributed by atoms with van der Waals surface area (Å²) in [4.78, 5) is 26.4. The van der Waals surface area contributed by atoms with Gasteiger partial charge in [-0.15, -0.1) is 0 Å². The lowest BCUT2D eigenvalue weighted by Crippen LogP contribution is -2.58. The van der Waals surface area contributed by atoms with Gasteiger partial charge in [0.05, 0.1) is 55.4 Å². The number of nitrogens with zero attached hydrogens (tertiary/aromatic N) is 1. The molecule has 3 N–H and O–H groups in total. The number of rotatable bonds is 9. The molecule has 19 atom stereocenters. The van der Waals surface area contributed by atoms with Gasteiger partial charge in [-0.05, 0) is 62.8 Å². The molecule has 66 heavy (non-hydrogen) atoms. The van der Waals surface area contributed by atoms with Crippen molar-refractivity contribution in [1.29, 1.82) is 0 Å². The predicted molar refractivity (Wildman–Crippen MR) is 242 cm³/mol. The van der Waals surface area contributed by atoms with Crippen molar-refractivity contribution in [2.75, 3.05) is 20.8 Å². The number of aliphatic hydroxyl groups is 1. The molecule has 7 aliphatic rings. The van der Waals surface area contributed by atoms with Crippen LogP contribution in [-0.4, -0.2) is 140 Å². The standard InChI is InChI=1S/C50H74N2O14/c1-12-26(2)45-29(5)18-19-49(66-45)24-36-21-35(65-49)17-16-28(4)44(27(3)14-13-15-34-25-59-47-42(52-56)30(6)20-37(48(54)62-36)50(34,47)55)63-41-23-39(58-11)46(32(8)61-41)64-40-22-38(57-10)43(31(7)60-40)51-33(9)53/h13-16,18-20,26-27,29,31-32,35-41,43-47,55-56H,12,17,21-25H2,1-11H3,(H,51,53)/b14-13+,28-16+,34-15+,52-42+/t26?,27?,29-,31+,32-,35?,36?,37?,38+,39-,40+,41?,43-,44+,45?,46-,47?,49?,50-/m1/s1. The zero-order chi connectivity index (χ0) is 47.7. The zero-order valence-corrected chi connectivity index (χ0v) is 40.5. The Morgan fingerprint density at radius 2 is 1.68 bits per heavy atom. The molecule has 2 bridgehead atoms. The first-order valence-electron chi connectivity index (χ1n) is 23.9. The smallest absolute Gasteiger partial charge is 0.316 e. The Hall–Kier alpha value is -3.29. The van der Waals surface area contributed by atoms with Gasteiger partial charge in [-0.3, -0.25) is 9.59 Å². The van der Waals surface area contributed by atoms with Gasteiger partial charge in [0.2, 0.25) is 5.91 Å². The summed E-state index contributed by atoms with van der Waals surface area (Å²) in [7, 11) is 3.26. The summed E-state index contributed by atoms with van der Waals surface area (Å²) in [6.45, 7) is 17.6.